The Balaban J connectivity index is 2.44. The zero-order valence-corrected chi connectivity index (χ0v) is 11.8. The summed E-state index contributed by atoms with van der Waals surface area (Å²) in [5.41, 5.74) is -0.238. The van der Waals surface area contributed by atoms with E-state index in [9.17, 15) is 13.2 Å². The van der Waals surface area contributed by atoms with Gasteiger partial charge in [-0.15, -0.1) is 0 Å². The van der Waals surface area contributed by atoms with Crippen molar-refractivity contribution in [1.29, 1.82) is 0 Å². The van der Waals surface area contributed by atoms with Crippen LogP contribution in [0.5, 0.6) is 0 Å². The highest BCUT2D eigenvalue weighted by molar-refractivity contribution is 7.92. The first-order valence-electron chi connectivity index (χ1n) is 5.35. The number of sulfonamides is 1. The first-order chi connectivity index (χ1) is 9.31. The molecule has 0 saturated heterocycles. The number of benzene rings is 1. The SMILES string of the molecule is Cn1ncc(C(=O)O)c1NS(=O)(=O)c1cccc(Cl)c1. The number of carbonyl (C=O) groups is 1. The molecule has 0 bridgehead atoms. The molecule has 0 amide bonds. The summed E-state index contributed by atoms with van der Waals surface area (Å²) in [6.07, 6.45) is 1.07. The van der Waals surface area contributed by atoms with E-state index in [4.69, 9.17) is 16.7 Å². The Morgan fingerprint density at radius 2 is 2.15 bits per heavy atom. The van der Waals surface area contributed by atoms with Crippen LogP contribution in [0, 0.1) is 0 Å². The van der Waals surface area contributed by atoms with Crippen LogP contribution in [-0.4, -0.2) is 29.3 Å². The van der Waals surface area contributed by atoms with Crippen LogP contribution in [0.1, 0.15) is 10.4 Å². The van der Waals surface area contributed by atoms with E-state index in [1.165, 1.54) is 31.3 Å². The van der Waals surface area contributed by atoms with Gasteiger partial charge in [0.1, 0.15) is 5.56 Å². The molecule has 0 radical (unpaired) electrons. The molecule has 2 N–H and O–H groups in total. The van der Waals surface area contributed by atoms with Crippen molar-refractivity contribution in [2.24, 2.45) is 7.05 Å². The van der Waals surface area contributed by atoms with Crippen LogP contribution in [0.15, 0.2) is 35.4 Å². The van der Waals surface area contributed by atoms with Gasteiger partial charge in [0.2, 0.25) is 0 Å². The number of aromatic carboxylic acids is 1. The molecule has 2 aromatic rings. The van der Waals surface area contributed by atoms with Crippen molar-refractivity contribution < 1.29 is 18.3 Å². The second-order valence-electron chi connectivity index (χ2n) is 3.90. The molecule has 0 fully saturated rings. The third-order valence-corrected chi connectivity index (χ3v) is 4.08. The average molecular weight is 316 g/mol. The van der Waals surface area contributed by atoms with E-state index in [0.29, 0.717) is 0 Å². The van der Waals surface area contributed by atoms with E-state index in [-0.39, 0.29) is 21.3 Å². The van der Waals surface area contributed by atoms with Gasteiger partial charge in [-0.2, -0.15) is 5.10 Å². The number of aryl methyl sites for hydroxylation is 1. The number of halogens is 1. The maximum Gasteiger partial charge on any atom is 0.341 e. The number of hydrogen-bond donors (Lipinski definition) is 2. The van der Waals surface area contributed by atoms with Crippen LogP contribution in [-0.2, 0) is 17.1 Å². The van der Waals surface area contributed by atoms with Crippen molar-refractivity contribution in [2.45, 2.75) is 4.90 Å². The fourth-order valence-electron chi connectivity index (χ4n) is 1.54. The van der Waals surface area contributed by atoms with Crippen molar-refractivity contribution in [3.8, 4) is 0 Å². The second-order valence-corrected chi connectivity index (χ2v) is 6.02. The molecule has 0 spiro atoms. The smallest absolute Gasteiger partial charge is 0.341 e. The van der Waals surface area contributed by atoms with Crippen LogP contribution >= 0.6 is 11.6 Å². The Kier molecular flexibility index (Phi) is 3.69. The molecule has 0 aliphatic rings. The predicted molar refractivity (Wildman–Crippen MR) is 72.4 cm³/mol. The van der Waals surface area contributed by atoms with E-state index >= 15 is 0 Å². The van der Waals surface area contributed by atoms with Gasteiger partial charge in [-0.3, -0.25) is 9.40 Å². The van der Waals surface area contributed by atoms with Gasteiger partial charge in [-0.1, -0.05) is 17.7 Å². The number of carboxylic acids is 1. The molecular formula is C11H10ClN3O4S. The number of carboxylic acid groups (broad SMARTS) is 1. The van der Waals surface area contributed by atoms with E-state index in [1.807, 2.05) is 0 Å². The minimum atomic E-state index is -3.94. The first-order valence-corrected chi connectivity index (χ1v) is 7.21. The summed E-state index contributed by atoms with van der Waals surface area (Å²) >= 11 is 5.74. The van der Waals surface area contributed by atoms with E-state index in [2.05, 4.69) is 9.82 Å². The Hall–Kier alpha value is -2.06. The van der Waals surface area contributed by atoms with Gasteiger partial charge in [0, 0.05) is 12.1 Å². The molecule has 2 rings (SSSR count). The molecule has 0 aliphatic carbocycles. The molecular weight excluding hydrogens is 306 g/mol. The average Bonchev–Trinajstić information content (AvgIpc) is 2.71. The fourth-order valence-corrected chi connectivity index (χ4v) is 2.94. The summed E-state index contributed by atoms with van der Waals surface area (Å²) in [6.45, 7) is 0. The largest absolute Gasteiger partial charge is 0.477 e. The maximum atomic E-state index is 12.2. The van der Waals surface area contributed by atoms with Crippen LogP contribution in [0.25, 0.3) is 0 Å². The van der Waals surface area contributed by atoms with Crippen LogP contribution < -0.4 is 4.72 Å². The molecule has 1 heterocycles. The van der Waals surface area contributed by atoms with E-state index < -0.39 is 16.0 Å². The minimum absolute atomic E-state index is 0.0671. The molecule has 9 heteroatoms. The summed E-state index contributed by atoms with van der Waals surface area (Å²) < 4.78 is 27.7. The van der Waals surface area contributed by atoms with Crippen molar-refractivity contribution in [1.82, 2.24) is 9.78 Å². The highest BCUT2D eigenvalue weighted by Crippen LogP contribution is 2.21. The van der Waals surface area contributed by atoms with Crippen LogP contribution in [0.2, 0.25) is 5.02 Å². The monoisotopic (exact) mass is 315 g/mol. The molecule has 106 valence electrons. The van der Waals surface area contributed by atoms with Crippen LogP contribution in [0.4, 0.5) is 5.82 Å². The number of rotatable bonds is 4. The van der Waals surface area contributed by atoms with Crippen molar-refractivity contribution in [2.75, 3.05) is 4.72 Å². The van der Waals surface area contributed by atoms with Gasteiger partial charge in [0.15, 0.2) is 5.82 Å². The zero-order chi connectivity index (χ0) is 14.9. The van der Waals surface area contributed by atoms with Crippen molar-refractivity contribution in [3.05, 3.63) is 41.0 Å². The topological polar surface area (TPSA) is 101 Å². The standard InChI is InChI=1S/C11H10ClN3O4S/c1-15-10(9(6-13-15)11(16)17)14-20(18,19)8-4-2-3-7(12)5-8/h2-6,14H,1H3,(H,16,17). The summed E-state index contributed by atoms with van der Waals surface area (Å²) in [5.74, 6) is -1.40. The summed E-state index contributed by atoms with van der Waals surface area (Å²) in [7, 11) is -2.51. The fraction of sp³-hybridized carbons (Fsp3) is 0.0909. The molecule has 0 unspecified atom stereocenters. The third kappa shape index (κ3) is 2.75. The highest BCUT2D eigenvalue weighted by atomic mass is 35.5. The molecule has 7 nitrogen and oxygen atoms in total. The van der Waals surface area contributed by atoms with E-state index in [0.717, 1.165) is 10.9 Å². The number of anilines is 1. The predicted octanol–water partition coefficient (Wildman–Crippen LogP) is 1.57. The Labute approximate surface area is 119 Å². The lowest BCUT2D eigenvalue weighted by molar-refractivity contribution is 0.0698. The summed E-state index contributed by atoms with van der Waals surface area (Å²) in [6, 6.07) is 5.64. The van der Waals surface area contributed by atoms with Gasteiger partial charge in [-0.25, -0.2) is 13.2 Å². The normalized spacial score (nSPS) is 11.3. The maximum absolute atomic E-state index is 12.2. The third-order valence-electron chi connectivity index (χ3n) is 2.51. The van der Waals surface area contributed by atoms with Crippen molar-refractivity contribution in [3.63, 3.8) is 0 Å². The summed E-state index contributed by atoms with van der Waals surface area (Å²) in [5, 5.41) is 13.0. The van der Waals surface area contributed by atoms with Gasteiger partial charge >= 0.3 is 5.97 Å². The van der Waals surface area contributed by atoms with Crippen molar-refractivity contribution >= 4 is 33.4 Å². The lowest BCUT2D eigenvalue weighted by Crippen LogP contribution is -2.17. The van der Waals surface area contributed by atoms with Gasteiger partial charge in [-0.05, 0) is 18.2 Å². The Bertz CT molecular complexity index is 770. The minimum Gasteiger partial charge on any atom is -0.477 e. The first kappa shape index (κ1) is 14.4. The molecule has 1 aromatic carbocycles. The molecule has 0 atom stereocenters. The highest BCUT2D eigenvalue weighted by Gasteiger charge is 2.22. The lowest BCUT2D eigenvalue weighted by Gasteiger charge is -2.09. The van der Waals surface area contributed by atoms with E-state index in [1.54, 1.807) is 0 Å². The summed E-state index contributed by atoms with van der Waals surface area (Å²) in [4.78, 5) is 10.9. The lowest BCUT2D eigenvalue weighted by atomic mass is 10.3. The Morgan fingerprint density at radius 1 is 1.45 bits per heavy atom. The Morgan fingerprint density at radius 3 is 2.75 bits per heavy atom. The zero-order valence-electron chi connectivity index (χ0n) is 10.2. The number of nitrogens with zero attached hydrogens (tertiary/aromatic N) is 2. The molecule has 0 aliphatic heterocycles. The second kappa shape index (κ2) is 5.14. The number of aromatic nitrogens is 2. The van der Waals surface area contributed by atoms with Gasteiger partial charge in [0.05, 0.1) is 11.1 Å². The molecule has 0 saturated carbocycles. The van der Waals surface area contributed by atoms with Gasteiger partial charge in [0.25, 0.3) is 10.0 Å². The molecule has 1 aromatic heterocycles. The number of nitrogens with one attached hydrogen (secondary N) is 1. The quantitative estimate of drug-likeness (QED) is 0.891. The number of hydrogen-bond acceptors (Lipinski definition) is 4. The molecule has 20 heavy (non-hydrogen) atoms. The van der Waals surface area contributed by atoms with Crippen LogP contribution in [0.3, 0.4) is 0 Å². The van der Waals surface area contributed by atoms with Gasteiger partial charge < -0.3 is 5.11 Å².